The number of benzene rings is 1. The smallest absolute Gasteiger partial charge is 0.226 e. The average Bonchev–Trinajstić information content (AvgIpc) is 2.45. The van der Waals surface area contributed by atoms with Crippen molar-refractivity contribution in [1.82, 2.24) is 4.90 Å². The summed E-state index contributed by atoms with van der Waals surface area (Å²) in [7, 11) is 1.57. The van der Waals surface area contributed by atoms with Gasteiger partial charge in [0.15, 0.2) is 0 Å². The van der Waals surface area contributed by atoms with E-state index in [1.165, 1.54) is 11.8 Å². The largest absolute Gasteiger partial charge is 0.385 e. The first-order valence-corrected chi connectivity index (χ1v) is 6.93. The molecule has 122 valence electrons. The van der Waals surface area contributed by atoms with Gasteiger partial charge in [-0.2, -0.15) is 0 Å². The fourth-order valence-corrected chi connectivity index (χ4v) is 1.87. The number of halogens is 2. The Kier molecular flexibility index (Phi) is 7.45. The zero-order valence-electron chi connectivity index (χ0n) is 12.7. The highest BCUT2D eigenvalue weighted by molar-refractivity contribution is 5.91. The number of carbonyl (C=O) groups is 2. The normalized spacial score (nSPS) is 10.4. The third kappa shape index (κ3) is 6.17. The predicted octanol–water partition coefficient (Wildman–Crippen LogP) is 2.18. The van der Waals surface area contributed by atoms with Gasteiger partial charge in [0.2, 0.25) is 11.8 Å². The first-order valence-electron chi connectivity index (χ1n) is 6.93. The summed E-state index contributed by atoms with van der Waals surface area (Å²) in [5.41, 5.74) is -0.0832. The summed E-state index contributed by atoms with van der Waals surface area (Å²) in [4.78, 5) is 24.8. The number of methoxy groups -OCH3 is 1. The number of nitrogens with zero attached hydrogens (tertiary/aromatic N) is 1. The second-order valence-electron chi connectivity index (χ2n) is 4.77. The van der Waals surface area contributed by atoms with E-state index in [1.807, 2.05) is 0 Å². The Balaban J connectivity index is 2.47. The Bertz CT molecular complexity index is 524. The van der Waals surface area contributed by atoms with Crippen LogP contribution in [0.1, 0.15) is 19.8 Å². The van der Waals surface area contributed by atoms with Gasteiger partial charge in [0.25, 0.3) is 0 Å². The van der Waals surface area contributed by atoms with E-state index in [1.54, 1.807) is 7.11 Å². The fraction of sp³-hybridized carbons (Fsp3) is 0.467. The zero-order valence-corrected chi connectivity index (χ0v) is 12.7. The van der Waals surface area contributed by atoms with Gasteiger partial charge in [-0.1, -0.05) is 0 Å². The lowest BCUT2D eigenvalue weighted by Crippen LogP contribution is -2.33. The molecule has 7 heteroatoms. The molecular formula is C15H20F2N2O3. The molecule has 0 aromatic heterocycles. The second kappa shape index (κ2) is 9.09. The molecule has 1 N–H and O–H groups in total. The molecule has 0 atom stereocenters. The van der Waals surface area contributed by atoms with Crippen molar-refractivity contribution in [3.8, 4) is 0 Å². The van der Waals surface area contributed by atoms with Crippen LogP contribution in [0, 0.1) is 11.6 Å². The first-order chi connectivity index (χ1) is 10.4. The average molecular weight is 314 g/mol. The second-order valence-corrected chi connectivity index (χ2v) is 4.77. The van der Waals surface area contributed by atoms with Gasteiger partial charge >= 0.3 is 0 Å². The predicted molar refractivity (Wildman–Crippen MR) is 78.4 cm³/mol. The summed E-state index contributed by atoms with van der Waals surface area (Å²) in [5.74, 6) is -2.13. The SMILES string of the molecule is COCCCN(CCC(=O)Nc1ccc(F)cc1F)C(C)=O. The number of nitrogens with one attached hydrogen (secondary N) is 1. The molecule has 1 rings (SSSR count). The van der Waals surface area contributed by atoms with Crippen LogP contribution in [0.25, 0.3) is 0 Å². The summed E-state index contributed by atoms with van der Waals surface area (Å²) in [5, 5.41) is 2.36. The highest BCUT2D eigenvalue weighted by atomic mass is 19.1. The Labute approximate surface area is 128 Å². The van der Waals surface area contributed by atoms with Crippen molar-refractivity contribution >= 4 is 17.5 Å². The van der Waals surface area contributed by atoms with Crippen LogP contribution in [-0.2, 0) is 14.3 Å². The van der Waals surface area contributed by atoms with Crippen molar-refractivity contribution < 1.29 is 23.1 Å². The van der Waals surface area contributed by atoms with Gasteiger partial charge in [-0.25, -0.2) is 8.78 Å². The third-order valence-electron chi connectivity index (χ3n) is 3.04. The molecule has 1 aromatic rings. The summed E-state index contributed by atoms with van der Waals surface area (Å²) >= 11 is 0. The van der Waals surface area contributed by atoms with Gasteiger partial charge in [-0.05, 0) is 18.6 Å². The van der Waals surface area contributed by atoms with Crippen LogP contribution in [0.5, 0.6) is 0 Å². The summed E-state index contributed by atoms with van der Waals surface area (Å²) in [6.07, 6.45) is 0.702. The fourth-order valence-electron chi connectivity index (χ4n) is 1.87. The maximum atomic E-state index is 13.4. The minimum absolute atomic E-state index is 0.0311. The van der Waals surface area contributed by atoms with E-state index in [4.69, 9.17) is 4.74 Å². The van der Waals surface area contributed by atoms with Crippen LogP contribution in [0.4, 0.5) is 14.5 Å². The standard InChI is InChI=1S/C15H20F2N2O3/c1-11(20)19(7-3-9-22-2)8-6-15(21)18-14-5-4-12(16)10-13(14)17/h4-5,10H,3,6-9H2,1-2H3,(H,18,21). The van der Waals surface area contributed by atoms with Crippen molar-refractivity contribution in [2.75, 3.05) is 32.1 Å². The molecule has 0 aliphatic rings. The molecule has 0 radical (unpaired) electrons. The summed E-state index contributed by atoms with van der Waals surface area (Å²) in [6.45, 7) is 2.66. The molecule has 0 fully saturated rings. The van der Waals surface area contributed by atoms with Crippen molar-refractivity contribution in [3.05, 3.63) is 29.8 Å². The summed E-state index contributed by atoms with van der Waals surface area (Å²) < 4.78 is 31.1. The van der Waals surface area contributed by atoms with E-state index >= 15 is 0 Å². The molecule has 22 heavy (non-hydrogen) atoms. The van der Waals surface area contributed by atoms with Crippen LogP contribution < -0.4 is 5.32 Å². The number of carbonyl (C=O) groups excluding carboxylic acids is 2. The Morgan fingerprint density at radius 3 is 2.59 bits per heavy atom. The monoisotopic (exact) mass is 314 g/mol. The van der Waals surface area contributed by atoms with Gasteiger partial charge < -0.3 is 15.0 Å². The number of rotatable bonds is 8. The number of anilines is 1. The molecule has 2 amide bonds. The number of hydrogen-bond acceptors (Lipinski definition) is 3. The molecule has 5 nitrogen and oxygen atoms in total. The van der Waals surface area contributed by atoms with Gasteiger partial charge in [0, 0.05) is 46.2 Å². The lowest BCUT2D eigenvalue weighted by Gasteiger charge is -2.20. The Morgan fingerprint density at radius 2 is 2.00 bits per heavy atom. The number of ether oxygens (including phenoxy) is 1. The third-order valence-corrected chi connectivity index (χ3v) is 3.04. The summed E-state index contributed by atoms with van der Waals surface area (Å²) in [6, 6.07) is 2.91. The molecule has 1 aromatic carbocycles. The highest BCUT2D eigenvalue weighted by Crippen LogP contribution is 2.15. The van der Waals surface area contributed by atoms with Crippen LogP contribution in [0.15, 0.2) is 18.2 Å². The molecular weight excluding hydrogens is 294 g/mol. The molecule has 0 heterocycles. The molecule has 0 saturated heterocycles. The van der Waals surface area contributed by atoms with Crippen LogP contribution in [0.3, 0.4) is 0 Å². The topological polar surface area (TPSA) is 58.6 Å². The van der Waals surface area contributed by atoms with Gasteiger partial charge in [-0.3, -0.25) is 9.59 Å². The maximum Gasteiger partial charge on any atom is 0.226 e. The van der Waals surface area contributed by atoms with Crippen molar-refractivity contribution in [1.29, 1.82) is 0 Å². The lowest BCUT2D eigenvalue weighted by molar-refractivity contribution is -0.129. The molecule has 0 aliphatic carbocycles. The number of hydrogen-bond donors (Lipinski definition) is 1. The van der Waals surface area contributed by atoms with Gasteiger partial charge in [0.05, 0.1) is 5.69 Å². The van der Waals surface area contributed by atoms with Crippen molar-refractivity contribution in [2.45, 2.75) is 19.8 Å². The molecule has 0 spiro atoms. The Hall–Kier alpha value is -2.02. The van der Waals surface area contributed by atoms with Crippen LogP contribution in [-0.4, -0.2) is 43.5 Å². The molecule has 0 aliphatic heterocycles. The minimum Gasteiger partial charge on any atom is -0.385 e. The van der Waals surface area contributed by atoms with E-state index in [2.05, 4.69) is 5.32 Å². The quantitative estimate of drug-likeness (QED) is 0.748. The molecule has 0 saturated carbocycles. The maximum absolute atomic E-state index is 13.4. The lowest BCUT2D eigenvalue weighted by atomic mass is 10.2. The van der Waals surface area contributed by atoms with Crippen molar-refractivity contribution in [2.24, 2.45) is 0 Å². The molecule has 0 unspecified atom stereocenters. The molecule has 0 bridgehead atoms. The van der Waals surface area contributed by atoms with E-state index in [0.717, 1.165) is 12.1 Å². The van der Waals surface area contributed by atoms with E-state index in [9.17, 15) is 18.4 Å². The highest BCUT2D eigenvalue weighted by Gasteiger charge is 2.12. The van der Waals surface area contributed by atoms with E-state index < -0.39 is 17.5 Å². The number of amides is 2. The zero-order chi connectivity index (χ0) is 16.5. The van der Waals surface area contributed by atoms with Crippen molar-refractivity contribution in [3.63, 3.8) is 0 Å². The van der Waals surface area contributed by atoms with Gasteiger partial charge in [-0.15, -0.1) is 0 Å². The Morgan fingerprint density at radius 1 is 1.27 bits per heavy atom. The minimum atomic E-state index is -0.836. The first kappa shape index (κ1) is 18.0. The van der Waals surface area contributed by atoms with Crippen LogP contribution in [0.2, 0.25) is 0 Å². The van der Waals surface area contributed by atoms with E-state index in [-0.39, 0.29) is 24.6 Å². The van der Waals surface area contributed by atoms with Gasteiger partial charge in [0.1, 0.15) is 11.6 Å². The van der Waals surface area contributed by atoms with Crippen LogP contribution >= 0.6 is 0 Å². The van der Waals surface area contributed by atoms with E-state index in [0.29, 0.717) is 25.6 Å².